The van der Waals surface area contributed by atoms with Crippen molar-refractivity contribution in [1.29, 1.82) is 0 Å². The highest BCUT2D eigenvalue weighted by Gasteiger charge is 2.22. The molecule has 0 atom stereocenters. The van der Waals surface area contributed by atoms with Gasteiger partial charge >= 0.3 is 5.97 Å². The molecular formula is C16H9F4N3O2. The zero-order chi connectivity index (χ0) is 18.1. The molecule has 1 aromatic heterocycles. The van der Waals surface area contributed by atoms with Crippen LogP contribution in [0.25, 0.3) is 11.3 Å². The second-order valence-corrected chi connectivity index (χ2v) is 5.19. The highest BCUT2D eigenvalue weighted by Crippen LogP contribution is 2.25. The lowest BCUT2D eigenvalue weighted by Crippen LogP contribution is -2.07. The molecule has 0 amide bonds. The van der Waals surface area contributed by atoms with Crippen molar-refractivity contribution >= 4 is 5.97 Å². The molecule has 0 aliphatic carbocycles. The number of hydrogen-bond acceptors (Lipinski definition) is 3. The van der Waals surface area contributed by atoms with Gasteiger partial charge in [0.2, 0.25) is 0 Å². The summed E-state index contributed by atoms with van der Waals surface area (Å²) in [5.41, 5.74) is -0.702. The van der Waals surface area contributed by atoms with E-state index in [1.807, 2.05) is 0 Å². The molecule has 0 bridgehead atoms. The van der Waals surface area contributed by atoms with Gasteiger partial charge in [-0.05, 0) is 29.8 Å². The van der Waals surface area contributed by atoms with Crippen LogP contribution < -0.4 is 0 Å². The quantitative estimate of drug-likeness (QED) is 0.733. The van der Waals surface area contributed by atoms with Gasteiger partial charge in [-0.25, -0.2) is 27.0 Å². The number of aromatic nitrogens is 3. The van der Waals surface area contributed by atoms with E-state index < -0.39 is 34.9 Å². The highest BCUT2D eigenvalue weighted by atomic mass is 19.1. The van der Waals surface area contributed by atoms with Crippen LogP contribution in [0.4, 0.5) is 17.6 Å². The van der Waals surface area contributed by atoms with E-state index >= 15 is 0 Å². The van der Waals surface area contributed by atoms with Crippen LogP contribution in [-0.4, -0.2) is 26.1 Å². The van der Waals surface area contributed by atoms with Crippen LogP contribution in [0, 0.1) is 23.3 Å². The maximum atomic E-state index is 13.5. The number of halogens is 4. The number of carbonyl (C=O) groups is 1. The zero-order valence-electron chi connectivity index (χ0n) is 12.4. The largest absolute Gasteiger partial charge is 0.476 e. The van der Waals surface area contributed by atoms with Crippen molar-refractivity contribution in [2.24, 2.45) is 0 Å². The molecule has 0 saturated heterocycles. The fourth-order valence-corrected chi connectivity index (χ4v) is 2.42. The number of hydrogen-bond donors (Lipinski definition) is 1. The molecule has 0 radical (unpaired) electrons. The van der Waals surface area contributed by atoms with E-state index in [4.69, 9.17) is 0 Å². The van der Waals surface area contributed by atoms with E-state index in [1.165, 1.54) is 0 Å². The molecule has 128 valence electrons. The van der Waals surface area contributed by atoms with Crippen LogP contribution in [0.3, 0.4) is 0 Å². The Bertz CT molecular complexity index is 932. The number of carboxylic acids is 1. The summed E-state index contributed by atoms with van der Waals surface area (Å²) < 4.78 is 54.6. The summed E-state index contributed by atoms with van der Waals surface area (Å²) in [7, 11) is 0. The summed E-state index contributed by atoms with van der Waals surface area (Å²) in [6.45, 7) is -0.248. The molecule has 0 aliphatic rings. The first kappa shape index (κ1) is 16.6. The molecule has 0 saturated carbocycles. The fourth-order valence-electron chi connectivity index (χ4n) is 2.42. The summed E-state index contributed by atoms with van der Waals surface area (Å²) >= 11 is 0. The Balaban J connectivity index is 2.13. The van der Waals surface area contributed by atoms with Gasteiger partial charge in [0.1, 0.15) is 29.0 Å². The maximum Gasteiger partial charge on any atom is 0.358 e. The lowest BCUT2D eigenvalue weighted by molar-refractivity contribution is 0.0691. The molecule has 9 heteroatoms. The SMILES string of the molecule is O=C(O)c1nnn(Cc2cc(F)cc(F)c2)c1-c1cc(F)cc(F)c1. The number of benzene rings is 2. The highest BCUT2D eigenvalue weighted by molar-refractivity contribution is 5.92. The van der Waals surface area contributed by atoms with Crippen molar-refractivity contribution in [3.05, 3.63) is 70.9 Å². The summed E-state index contributed by atoms with van der Waals surface area (Å²) in [6, 6.07) is 5.19. The summed E-state index contributed by atoms with van der Waals surface area (Å²) in [5.74, 6) is -4.96. The Morgan fingerprint density at radius 2 is 1.44 bits per heavy atom. The van der Waals surface area contributed by atoms with Crippen LogP contribution in [0.5, 0.6) is 0 Å². The first-order valence-electron chi connectivity index (χ1n) is 6.91. The second-order valence-electron chi connectivity index (χ2n) is 5.19. The average Bonchev–Trinajstić information content (AvgIpc) is 2.88. The molecule has 0 fully saturated rings. The average molecular weight is 351 g/mol. The Hall–Kier alpha value is -3.23. The third-order valence-corrected chi connectivity index (χ3v) is 3.33. The molecule has 25 heavy (non-hydrogen) atoms. The van der Waals surface area contributed by atoms with E-state index in [1.54, 1.807) is 0 Å². The van der Waals surface area contributed by atoms with Crippen molar-refractivity contribution in [3.8, 4) is 11.3 Å². The molecule has 1 heterocycles. The van der Waals surface area contributed by atoms with Crippen molar-refractivity contribution in [2.45, 2.75) is 6.54 Å². The third-order valence-electron chi connectivity index (χ3n) is 3.33. The Kier molecular flexibility index (Phi) is 4.22. The van der Waals surface area contributed by atoms with Crippen LogP contribution in [-0.2, 0) is 6.54 Å². The zero-order valence-corrected chi connectivity index (χ0v) is 12.4. The minimum atomic E-state index is -1.46. The smallest absolute Gasteiger partial charge is 0.358 e. The summed E-state index contributed by atoms with van der Waals surface area (Å²) in [5, 5.41) is 16.3. The van der Waals surface area contributed by atoms with Crippen molar-refractivity contribution < 1.29 is 27.5 Å². The standard InChI is InChI=1S/C16H9F4N3O2/c17-10-1-8(2-11(18)5-10)7-23-15(14(16(24)25)21-22-23)9-3-12(19)6-13(20)4-9/h1-6H,7H2,(H,24,25). The molecule has 2 aromatic carbocycles. The van der Waals surface area contributed by atoms with Gasteiger partial charge in [-0.3, -0.25) is 0 Å². The van der Waals surface area contributed by atoms with E-state index in [0.717, 1.165) is 28.9 Å². The van der Waals surface area contributed by atoms with Gasteiger partial charge in [0.05, 0.1) is 6.54 Å². The molecule has 0 aliphatic heterocycles. The Labute approximate surface area is 138 Å². The van der Waals surface area contributed by atoms with Crippen LogP contribution in [0.1, 0.15) is 16.1 Å². The predicted molar refractivity (Wildman–Crippen MR) is 77.8 cm³/mol. The lowest BCUT2D eigenvalue weighted by atomic mass is 10.1. The summed E-state index contributed by atoms with van der Waals surface area (Å²) in [4.78, 5) is 11.3. The van der Waals surface area contributed by atoms with E-state index in [2.05, 4.69) is 10.3 Å². The topological polar surface area (TPSA) is 68.0 Å². The van der Waals surface area contributed by atoms with Crippen molar-refractivity contribution in [3.63, 3.8) is 0 Å². The van der Waals surface area contributed by atoms with Gasteiger partial charge < -0.3 is 5.11 Å². The van der Waals surface area contributed by atoms with Crippen LogP contribution in [0.2, 0.25) is 0 Å². The lowest BCUT2D eigenvalue weighted by Gasteiger charge is -2.08. The maximum absolute atomic E-state index is 13.5. The minimum absolute atomic E-state index is 0.114. The Morgan fingerprint density at radius 3 is 1.96 bits per heavy atom. The van der Waals surface area contributed by atoms with Crippen LogP contribution >= 0.6 is 0 Å². The Morgan fingerprint density at radius 1 is 0.920 bits per heavy atom. The van der Waals surface area contributed by atoms with Gasteiger partial charge in [-0.1, -0.05) is 5.21 Å². The van der Waals surface area contributed by atoms with Crippen LogP contribution in [0.15, 0.2) is 36.4 Å². The number of aromatic carboxylic acids is 1. The number of rotatable bonds is 4. The third kappa shape index (κ3) is 3.49. The van der Waals surface area contributed by atoms with Crippen molar-refractivity contribution in [2.75, 3.05) is 0 Å². The van der Waals surface area contributed by atoms with Gasteiger partial charge in [0.15, 0.2) is 5.69 Å². The molecule has 3 rings (SSSR count). The second kappa shape index (κ2) is 6.34. The molecule has 3 aromatic rings. The monoisotopic (exact) mass is 351 g/mol. The minimum Gasteiger partial charge on any atom is -0.476 e. The number of nitrogens with zero attached hydrogens (tertiary/aromatic N) is 3. The normalized spacial score (nSPS) is 10.9. The fraction of sp³-hybridized carbons (Fsp3) is 0.0625. The van der Waals surface area contributed by atoms with Gasteiger partial charge in [0, 0.05) is 17.7 Å². The number of carboxylic acid groups (broad SMARTS) is 1. The molecular weight excluding hydrogens is 342 g/mol. The van der Waals surface area contributed by atoms with E-state index in [0.29, 0.717) is 12.1 Å². The predicted octanol–water partition coefficient (Wildman–Crippen LogP) is 3.25. The first-order valence-corrected chi connectivity index (χ1v) is 6.91. The molecule has 1 N–H and O–H groups in total. The summed E-state index contributed by atoms with van der Waals surface area (Å²) in [6.07, 6.45) is 0. The van der Waals surface area contributed by atoms with Gasteiger partial charge in [-0.2, -0.15) is 0 Å². The van der Waals surface area contributed by atoms with Gasteiger partial charge in [-0.15, -0.1) is 5.10 Å². The molecule has 5 nitrogen and oxygen atoms in total. The van der Waals surface area contributed by atoms with Gasteiger partial charge in [0.25, 0.3) is 0 Å². The van der Waals surface area contributed by atoms with Crippen molar-refractivity contribution in [1.82, 2.24) is 15.0 Å². The molecule has 0 unspecified atom stereocenters. The molecule has 0 spiro atoms. The van der Waals surface area contributed by atoms with E-state index in [-0.39, 0.29) is 23.4 Å². The first-order chi connectivity index (χ1) is 11.8. The van der Waals surface area contributed by atoms with E-state index in [9.17, 15) is 27.5 Å².